The minimum atomic E-state index is -1.11. The number of nitrogens with two attached hydrogens (primary N) is 1. The maximum Gasteiger partial charge on any atom is 0.161 e. The zero-order valence-corrected chi connectivity index (χ0v) is 8.65. The Hall–Kier alpha value is -1.75. The molecule has 0 aromatic heterocycles. The fourth-order valence-electron chi connectivity index (χ4n) is 1.20. The van der Waals surface area contributed by atoms with Gasteiger partial charge < -0.3 is 20.3 Å². The smallest absolute Gasteiger partial charge is 0.161 e. The first-order chi connectivity index (χ1) is 7.10. The molecule has 4 N–H and O–H groups in total. The van der Waals surface area contributed by atoms with Crippen LogP contribution in [0.4, 0.5) is 0 Å². The van der Waals surface area contributed by atoms with Crippen LogP contribution in [0.25, 0.3) is 0 Å². The summed E-state index contributed by atoms with van der Waals surface area (Å²) in [5.41, 5.74) is 5.69. The van der Waals surface area contributed by atoms with E-state index in [0.717, 1.165) is 0 Å². The Morgan fingerprint density at radius 2 is 1.93 bits per heavy atom. The van der Waals surface area contributed by atoms with Gasteiger partial charge in [0.15, 0.2) is 11.5 Å². The van der Waals surface area contributed by atoms with Crippen molar-refractivity contribution in [1.29, 1.82) is 5.41 Å². The number of hydrogen-bond donors (Lipinski definition) is 3. The van der Waals surface area contributed by atoms with Crippen LogP contribution in [-0.2, 0) is 0 Å². The molecule has 0 aliphatic heterocycles. The van der Waals surface area contributed by atoms with E-state index in [1.54, 1.807) is 18.2 Å². The molecule has 0 heterocycles. The minimum absolute atomic E-state index is 0.304. The van der Waals surface area contributed by atoms with Gasteiger partial charge in [-0.25, -0.2) is 0 Å². The third-order valence-electron chi connectivity index (χ3n) is 2.02. The normalized spacial score (nSPS) is 11.9. The van der Waals surface area contributed by atoms with Crippen LogP contribution in [-0.4, -0.2) is 25.2 Å². The van der Waals surface area contributed by atoms with Gasteiger partial charge in [0.1, 0.15) is 11.9 Å². The van der Waals surface area contributed by atoms with E-state index < -0.39 is 6.10 Å². The number of amidine groups is 1. The quantitative estimate of drug-likeness (QED) is 0.503. The second kappa shape index (κ2) is 4.65. The van der Waals surface area contributed by atoms with E-state index in [0.29, 0.717) is 17.1 Å². The van der Waals surface area contributed by atoms with E-state index >= 15 is 0 Å². The molecule has 0 aliphatic rings. The maximum atomic E-state index is 9.54. The zero-order valence-electron chi connectivity index (χ0n) is 8.65. The van der Waals surface area contributed by atoms with Crippen molar-refractivity contribution in [2.75, 3.05) is 14.2 Å². The van der Waals surface area contributed by atoms with Gasteiger partial charge in [-0.3, -0.25) is 5.41 Å². The molecule has 0 spiro atoms. The highest BCUT2D eigenvalue weighted by Crippen LogP contribution is 2.29. The van der Waals surface area contributed by atoms with Crippen molar-refractivity contribution in [2.24, 2.45) is 5.73 Å². The van der Waals surface area contributed by atoms with Gasteiger partial charge >= 0.3 is 0 Å². The van der Waals surface area contributed by atoms with Gasteiger partial charge in [0.25, 0.3) is 0 Å². The fourth-order valence-corrected chi connectivity index (χ4v) is 1.20. The molecule has 5 nitrogen and oxygen atoms in total. The van der Waals surface area contributed by atoms with Crippen molar-refractivity contribution in [3.63, 3.8) is 0 Å². The van der Waals surface area contributed by atoms with E-state index in [2.05, 4.69) is 0 Å². The Morgan fingerprint density at radius 1 is 1.33 bits per heavy atom. The van der Waals surface area contributed by atoms with Crippen molar-refractivity contribution in [2.45, 2.75) is 6.10 Å². The molecule has 1 atom stereocenters. The number of benzene rings is 1. The van der Waals surface area contributed by atoms with E-state index in [1.165, 1.54) is 14.2 Å². The largest absolute Gasteiger partial charge is 0.493 e. The number of methoxy groups -OCH3 is 2. The van der Waals surface area contributed by atoms with E-state index in [-0.39, 0.29) is 5.84 Å². The van der Waals surface area contributed by atoms with Crippen LogP contribution in [0.5, 0.6) is 11.5 Å². The van der Waals surface area contributed by atoms with Crippen LogP contribution in [0, 0.1) is 5.41 Å². The Bertz CT molecular complexity index is 366. The van der Waals surface area contributed by atoms with E-state index in [1.807, 2.05) is 0 Å². The fraction of sp³-hybridized carbons (Fsp3) is 0.300. The first-order valence-electron chi connectivity index (χ1n) is 4.34. The predicted molar refractivity (Wildman–Crippen MR) is 56.4 cm³/mol. The van der Waals surface area contributed by atoms with E-state index in [9.17, 15) is 5.11 Å². The van der Waals surface area contributed by atoms with Gasteiger partial charge in [0.2, 0.25) is 0 Å². The molecule has 0 amide bonds. The second-order valence-electron chi connectivity index (χ2n) is 2.97. The number of rotatable bonds is 4. The highest BCUT2D eigenvalue weighted by atomic mass is 16.5. The van der Waals surface area contributed by atoms with Crippen LogP contribution in [0.15, 0.2) is 18.2 Å². The van der Waals surface area contributed by atoms with Crippen LogP contribution >= 0.6 is 0 Å². The molecule has 0 aliphatic carbocycles. The molecule has 0 saturated carbocycles. The standard InChI is InChI=1S/C10H14N2O3/c1-14-7-4-3-6(5-8(7)15-2)9(13)10(11)12/h3-5,9,13H,1-2H3,(H3,11,12)/t9-/m1/s1. The molecular formula is C10H14N2O3. The van der Waals surface area contributed by atoms with Crippen LogP contribution in [0.1, 0.15) is 11.7 Å². The molecule has 1 rings (SSSR count). The number of hydrogen-bond acceptors (Lipinski definition) is 4. The molecule has 0 saturated heterocycles. The van der Waals surface area contributed by atoms with Gasteiger partial charge in [-0.2, -0.15) is 0 Å². The Balaban J connectivity index is 3.07. The van der Waals surface area contributed by atoms with Gasteiger partial charge in [-0.05, 0) is 17.7 Å². The zero-order chi connectivity index (χ0) is 11.4. The predicted octanol–water partition coefficient (Wildman–Crippen LogP) is 0.673. The lowest BCUT2D eigenvalue weighted by molar-refractivity contribution is 0.244. The summed E-state index contributed by atoms with van der Waals surface area (Å²) in [6.45, 7) is 0. The SMILES string of the molecule is COc1ccc([C@@H](O)C(=N)N)cc1OC. The third kappa shape index (κ3) is 2.38. The highest BCUT2D eigenvalue weighted by molar-refractivity contribution is 5.83. The van der Waals surface area contributed by atoms with Gasteiger partial charge in [0, 0.05) is 0 Å². The number of nitrogens with one attached hydrogen (secondary N) is 1. The lowest BCUT2D eigenvalue weighted by Crippen LogP contribution is -2.20. The number of aliphatic hydroxyl groups excluding tert-OH is 1. The topological polar surface area (TPSA) is 88.6 Å². The lowest BCUT2D eigenvalue weighted by Gasteiger charge is -2.12. The summed E-state index contributed by atoms with van der Waals surface area (Å²) < 4.78 is 10.1. The highest BCUT2D eigenvalue weighted by Gasteiger charge is 2.13. The van der Waals surface area contributed by atoms with Gasteiger partial charge in [-0.15, -0.1) is 0 Å². The average molecular weight is 210 g/mol. The van der Waals surface area contributed by atoms with Crippen molar-refractivity contribution in [1.82, 2.24) is 0 Å². The van der Waals surface area contributed by atoms with Crippen molar-refractivity contribution >= 4 is 5.84 Å². The van der Waals surface area contributed by atoms with Crippen LogP contribution in [0.3, 0.4) is 0 Å². The Morgan fingerprint density at radius 3 is 2.40 bits per heavy atom. The third-order valence-corrected chi connectivity index (χ3v) is 2.02. The monoisotopic (exact) mass is 210 g/mol. The average Bonchev–Trinajstić information content (AvgIpc) is 2.26. The van der Waals surface area contributed by atoms with Crippen molar-refractivity contribution in [3.8, 4) is 11.5 Å². The molecule has 82 valence electrons. The number of aliphatic hydroxyl groups is 1. The van der Waals surface area contributed by atoms with Crippen molar-refractivity contribution < 1.29 is 14.6 Å². The van der Waals surface area contributed by atoms with E-state index in [4.69, 9.17) is 20.6 Å². The van der Waals surface area contributed by atoms with Crippen LogP contribution < -0.4 is 15.2 Å². The Kier molecular flexibility index (Phi) is 3.51. The molecule has 0 radical (unpaired) electrons. The summed E-state index contributed by atoms with van der Waals surface area (Å²) in [7, 11) is 3.03. The first-order valence-corrected chi connectivity index (χ1v) is 4.34. The molecule has 1 aromatic rings. The molecule has 0 bridgehead atoms. The molecule has 0 unspecified atom stereocenters. The minimum Gasteiger partial charge on any atom is -0.493 e. The summed E-state index contributed by atoms with van der Waals surface area (Å²) in [6.07, 6.45) is -1.11. The molecular weight excluding hydrogens is 196 g/mol. The summed E-state index contributed by atoms with van der Waals surface area (Å²) in [4.78, 5) is 0. The lowest BCUT2D eigenvalue weighted by atomic mass is 10.1. The van der Waals surface area contributed by atoms with Gasteiger partial charge in [0.05, 0.1) is 14.2 Å². The summed E-state index contributed by atoms with van der Waals surface area (Å²) in [6, 6.07) is 4.87. The second-order valence-corrected chi connectivity index (χ2v) is 2.97. The first kappa shape index (κ1) is 11.3. The summed E-state index contributed by atoms with van der Waals surface area (Å²) in [5.74, 6) is 0.759. The summed E-state index contributed by atoms with van der Waals surface area (Å²) in [5, 5.41) is 16.7. The van der Waals surface area contributed by atoms with Crippen LogP contribution in [0.2, 0.25) is 0 Å². The molecule has 0 fully saturated rings. The van der Waals surface area contributed by atoms with Gasteiger partial charge in [-0.1, -0.05) is 6.07 Å². The molecule has 1 aromatic carbocycles. The number of ether oxygens (including phenoxy) is 2. The maximum absolute atomic E-state index is 9.54. The Labute approximate surface area is 87.9 Å². The summed E-state index contributed by atoms with van der Waals surface area (Å²) >= 11 is 0. The molecule has 5 heteroatoms. The molecule has 15 heavy (non-hydrogen) atoms. The van der Waals surface area contributed by atoms with Crippen molar-refractivity contribution in [3.05, 3.63) is 23.8 Å².